The molecule has 0 bridgehead atoms. The predicted molar refractivity (Wildman–Crippen MR) is 282 cm³/mol. The molecule has 0 aliphatic heterocycles. The molecule has 0 saturated carbocycles. The van der Waals surface area contributed by atoms with Crippen molar-refractivity contribution in [2.45, 2.75) is 19.3 Å². The van der Waals surface area contributed by atoms with E-state index in [0.717, 1.165) is 0 Å². The average molecular weight is 859 g/mol. The van der Waals surface area contributed by atoms with E-state index in [1.165, 1.54) is 131 Å². The molecule has 2 nitrogen and oxygen atoms in total. The lowest BCUT2D eigenvalue weighted by Gasteiger charge is -2.22. The maximum Gasteiger partial charge on any atom is 0.0640 e. The molecule has 0 amide bonds. The van der Waals surface area contributed by atoms with E-state index >= 15 is 0 Å². The molecule has 0 atom stereocenters. The summed E-state index contributed by atoms with van der Waals surface area (Å²) in [6.07, 6.45) is 0. The summed E-state index contributed by atoms with van der Waals surface area (Å²) >= 11 is 1.88. The Hall–Kier alpha value is -7.98. The lowest BCUT2D eigenvalue weighted by molar-refractivity contribution is 0.660. The minimum Gasteiger partial charge on any atom is -0.309 e. The maximum atomic E-state index is 2.50. The number of hydrogen-bond donors (Lipinski definition) is 0. The van der Waals surface area contributed by atoms with Crippen LogP contribution in [-0.4, -0.2) is 9.13 Å². The minimum atomic E-state index is -0.0938. The summed E-state index contributed by atoms with van der Waals surface area (Å²) < 4.78 is 7.60. The van der Waals surface area contributed by atoms with Crippen molar-refractivity contribution in [3.05, 3.63) is 230 Å². The summed E-state index contributed by atoms with van der Waals surface area (Å²) in [6, 6.07) is 81.5. The molecule has 0 N–H and O–H groups in total. The van der Waals surface area contributed by atoms with Crippen molar-refractivity contribution in [2.75, 3.05) is 0 Å². The lowest BCUT2D eigenvalue weighted by Crippen LogP contribution is -2.15. The van der Waals surface area contributed by atoms with E-state index in [4.69, 9.17) is 0 Å². The molecular formula is C63H42N2S. The van der Waals surface area contributed by atoms with Gasteiger partial charge in [-0.05, 0) is 122 Å². The van der Waals surface area contributed by atoms with E-state index in [0.29, 0.717) is 0 Å². The third-order valence-electron chi connectivity index (χ3n) is 14.5. The molecule has 14 rings (SSSR count). The van der Waals surface area contributed by atoms with Gasteiger partial charge in [-0.2, -0.15) is 0 Å². The van der Waals surface area contributed by atoms with Crippen molar-refractivity contribution in [3.8, 4) is 55.9 Å². The van der Waals surface area contributed by atoms with Gasteiger partial charge in [-0.25, -0.2) is 0 Å². The monoisotopic (exact) mass is 858 g/mol. The van der Waals surface area contributed by atoms with Crippen LogP contribution in [0.4, 0.5) is 0 Å². The van der Waals surface area contributed by atoms with Crippen molar-refractivity contribution in [3.63, 3.8) is 0 Å². The molecule has 13 aromatic rings. The van der Waals surface area contributed by atoms with Crippen LogP contribution in [0.1, 0.15) is 25.0 Å². The van der Waals surface area contributed by atoms with Crippen LogP contribution in [0.3, 0.4) is 0 Å². The Bertz CT molecular complexity index is 4140. The van der Waals surface area contributed by atoms with Crippen molar-refractivity contribution in [1.82, 2.24) is 9.13 Å². The van der Waals surface area contributed by atoms with Crippen LogP contribution in [0.5, 0.6) is 0 Å². The van der Waals surface area contributed by atoms with Crippen LogP contribution < -0.4 is 0 Å². The number of hydrogen-bond acceptors (Lipinski definition) is 1. The molecule has 3 heterocycles. The molecule has 10 aromatic carbocycles. The predicted octanol–water partition coefficient (Wildman–Crippen LogP) is 17.6. The summed E-state index contributed by atoms with van der Waals surface area (Å²) in [6.45, 7) is 4.73. The molecule has 3 heteroatoms. The zero-order valence-corrected chi connectivity index (χ0v) is 37.4. The molecule has 66 heavy (non-hydrogen) atoms. The molecular weight excluding hydrogens is 817 g/mol. The van der Waals surface area contributed by atoms with E-state index in [9.17, 15) is 0 Å². The van der Waals surface area contributed by atoms with Crippen molar-refractivity contribution < 1.29 is 0 Å². The Balaban J connectivity index is 0.971. The SMILES string of the molecule is CC1(C)c2ccccc2-c2ccc(-n3c4ccccc4c4ccc(-c5cc(-c6ccccc6)cc(-c6ccc7c8ccccc8n(-c8cccc9c8sc8ccccc89)c7c6)c5)cc43)cc21. The number of rotatable bonds is 5. The fourth-order valence-corrected chi connectivity index (χ4v) is 12.5. The van der Waals surface area contributed by atoms with Gasteiger partial charge in [-0.15, -0.1) is 11.3 Å². The number of benzene rings is 10. The van der Waals surface area contributed by atoms with Gasteiger partial charge in [0.25, 0.3) is 0 Å². The second kappa shape index (κ2) is 14.0. The highest BCUT2D eigenvalue weighted by atomic mass is 32.1. The molecule has 1 aliphatic carbocycles. The van der Waals surface area contributed by atoms with Gasteiger partial charge in [0.05, 0.1) is 32.5 Å². The first kappa shape index (κ1) is 37.4. The van der Waals surface area contributed by atoms with Gasteiger partial charge < -0.3 is 9.13 Å². The molecule has 0 unspecified atom stereocenters. The van der Waals surface area contributed by atoms with Crippen LogP contribution in [0.2, 0.25) is 0 Å². The topological polar surface area (TPSA) is 9.86 Å². The van der Waals surface area contributed by atoms with Gasteiger partial charge in [0.2, 0.25) is 0 Å². The van der Waals surface area contributed by atoms with Gasteiger partial charge in [0.1, 0.15) is 0 Å². The van der Waals surface area contributed by atoms with Crippen LogP contribution in [-0.2, 0) is 5.41 Å². The standard InChI is InChI=1S/C63H42N2S/c1-63(2)54-22-10-6-17-46(54)47-32-29-45(38-55(47)63)64-56-23-11-7-18-48(56)50-30-27-40(36-59(50)64)43-33-42(39-15-4-3-5-16-39)34-44(35-43)41-28-31-51-49-19-8-12-24-57(49)65(60(51)37-41)58-25-14-21-53-52-20-9-13-26-61(52)66-62(53)58/h3-38H,1-2H3. The Labute approximate surface area is 386 Å². The summed E-state index contributed by atoms with van der Waals surface area (Å²) in [5, 5.41) is 7.64. The highest BCUT2D eigenvalue weighted by Gasteiger charge is 2.35. The lowest BCUT2D eigenvalue weighted by atomic mass is 9.82. The van der Waals surface area contributed by atoms with E-state index in [-0.39, 0.29) is 5.41 Å². The first-order valence-corrected chi connectivity index (χ1v) is 23.7. The zero-order chi connectivity index (χ0) is 43.7. The van der Waals surface area contributed by atoms with Gasteiger partial charge in [0, 0.05) is 48.1 Å². The third kappa shape index (κ3) is 5.41. The van der Waals surface area contributed by atoms with Crippen LogP contribution >= 0.6 is 11.3 Å². The molecule has 0 saturated heterocycles. The van der Waals surface area contributed by atoms with Crippen LogP contribution in [0, 0.1) is 0 Å². The summed E-state index contributed by atoms with van der Waals surface area (Å²) in [5.41, 5.74) is 19.7. The Kier molecular flexibility index (Phi) is 7.94. The normalized spacial score (nSPS) is 13.1. The quantitative estimate of drug-likeness (QED) is 0.163. The first-order chi connectivity index (χ1) is 32.5. The van der Waals surface area contributed by atoms with Crippen molar-refractivity contribution in [2.24, 2.45) is 0 Å². The van der Waals surface area contributed by atoms with Crippen molar-refractivity contribution >= 4 is 75.1 Å². The Morgan fingerprint density at radius 1 is 0.333 bits per heavy atom. The summed E-state index contributed by atoms with van der Waals surface area (Å²) in [4.78, 5) is 0. The molecule has 0 spiro atoms. The number of para-hydroxylation sites is 2. The summed E-state index contributed by atoms with van der Waals surface area (Å²) in [5.74, 6) is 0. The molecule has 310 valence electrons. The van der Waals surface area contributed by atoms with Crippen LogP contribution in [0.25, 0.3) is 120 Å². The van der Waals surface area contributed by atoms with Gasteiger partial charge >= 0.3 is 0 Å². The fraction of sp³-hybridized carbons (Fsp3) is 0.0476. The number of fused-ring (bicyclic) bond motifs is 12. The largest absolute Gasteiger partial charge is 0.309 e. The molecule has 0 fully saturated rings. The highest BCUT2D eigenvalue weighted by Crippen LogP contribution is 2.50. The van der Waals surface area contributed by atoms with Gasteiger partial charge in [-0.3, -0.25) is 0 Å². The Morgan fingerprint density at radius 2 is 0.879 bits per heavy atom. The smallest absolute Gasteiger partial charge is 0.0640 e. The zero-order valence-electron chi connectivity index (χ0n) is 36.6. The van der Waals surface area contributed by atoms with Crippen molar-refractivity contribution in [1.29, 1.82) is 0 Å². The highest BCUT2D eigenvalue weighted by molar-refractivity contribution is 7.26. The van der Waals surface area contributed by atoms with Gasteiger partial charge in [0.15, 0.2) is 0 Å². The van der Waals surface area contributed by atoms with Gasteiger partial charge in [-0.1, -0.05) is 166 Å². The van der Waals surface area contributed by atoms with E-state index < -0.39 is 0 Å². The third-order valence-corrected chi connectivity index (χ3v) is 15.7. The van der Waals surface area contributed by atoms with Crippen LogP contribution in [0.15, 0.2) is 218 Å². The Morgan fingerprint density at radius 3 is 1.61 bits per heavy atom. The maximum absolute atomic E-state index is 2.50. The molecule has 3 aromatic heterocycles. The first-order valence-electron chi connectivity index (χ1n) is 22.9. The average Bonchev–Trinajstić information content (AvgIpc) is 4.09. The summed E-state index contributed by atoms with van der Waals surface area (Å²) in [7, 11) is 0. The number of aromatic nitrogens is 2. The molecule has 0 radical (unpaired) electrons. The number of thiophene rings is 1. The fourth-order valence-electron chi connectivity index (χ4n) is 11.3. The minimum absolute atomic E-state index is 0.0938. The number of nitrogens with zero attached hydrogens (tertiary/aromatic N) is 2. The second-order valence-corrected chi connectivity index (χ2v) is 19.5. The molecule has 1 aliphatic rings. The van der Waals surface area contributed by atoms with E-state index in [1.807, 2.05) is 11.3 Å². The second-order valence-electron chi connectivity index (χ2n) is 18.5. The van der Waals surface area contributed by atoms with E-state index in [1.54, 1.807) is 0 Å². The van der Waals surface area contributed by atoms with E-state index in [2.05, 4.69) is 241 Å².